The first-order valence-electron chi connectivity index (χ1n) is 8.43. The zero-order valence-corrected chi connectivity index (χ0v) is 17.8. The summed E-state index contributed by atoms with van der Waals surface area (Å²) in [5, 5.41) is 18.1. The van der Waals surface area contributed by atoms with Crippen molar-refractivity contribution in [2.75, 3.05) is 7.11 Å². The molecule has 0 aliphatic rings. The molecule has 0 amide bonds. The summed E-state index contributed by atoms with van der Waals surface area (Å²) in [6.07, 6.45) is 1.33. The van der Waals surface area contributed by atoms with Crippen LogP contribution in [0.15, 0.2) is 47.1 Å². The van der Waals surface area contributed by atoms with Crippen molar-refractivity contribution in [1.82, 2.24) is 20.2 Å². The monoisotopic (exact) mass is 457 g/mol. The van der Waals surface area contributed by atoms with Gasteiger partial charge in [-0.1, -0.05) is 11.6 Å². The first kappa shape index (κ1) is 20.2. The Kier molecular flexibility index (Phi) is 5.34. The maximum absolute atomic E-state index is 12.7. The molecule has 0 bridgehead atoms. The van der Waals surface area contributed by atoms with Crippen LogP contribution in [0.1, 0.15) is 10.6 Å². The maximum atomic E-state index is 12.7. The Bertz CT molecular complexity index is 1400. The lowest BCUT2D eigenvalue weighted by molar-refractivity contribution is 0.416. The van der Waals surface area contributed by atoms with Gasteiger partial charge in [0.2, 0.25) is 0 Å². The molecule has 2 heterocycles. The minimum absolute atomic E-state index is 0.121. The zero-order valence-electron chi connectivity index (χ0n) is 15.4. The smallest absolute Gasteiger partial charge is 0.185 e. The average Bonchev–Trinajstić information content (AvgIpc) is 3.25. The van der Waals surface area contributed by atoms with E-state index in [4.69, 9.17) is 16.3 Å². The van der Waals surface area contributed by atoms with Crippen LogP contribution in [0.3, 0.4) is 0 Å². The highest BCUT2D eigenvalue weighted by Gasteiger charge is 2.20. The Morgan fingerprint density at radius 3 is 2.77 bits per heavy atom. The third-order valence-corrected chi connectivity index (χ3v) is 7.17. The number of aromatic nitrogens is 4. The molecule has 0 radical (unpaired) electrons. The summed E-state index contributed by atoms with van der Waals surface area (Å²) in [4.78, 5) is 8.68. The molecule has 0 fully saturated rings. The van der Waals surface area contributed by atoms with Gasteiger partial charge in [0.15, 0.2) is 9.84 Å². The van der Waals surface area contributed by atoms with Crippen LogP contribution in [-0.4, -0.2) is 35.7 Å². The first-order chi connectivity index (χ1) is 14.4. The molecule has 4 aromatic rings. The van der Waals surface area contributed by atoms with Gasteiger partial charge in [-0.25, -0.2) is 18.4 Å². The third kappa shape index (κ3) is 3.70. The lowest BCUT2D eigenvalue weighted by atomic mass is 10.0. The molecule has 2 aromatic heterocycles. The summed E-state index contributed by atoms with van der Waals surface area (Å²) in [5.41, 5.74) is 3.25. The average molecular weight is 458 g/mol. The predicted octanol–water partition coefficient (Wildman–Crippen LogP) is 3.66. The van der Waals surface area contributed by atoms with Crippen LogP contribution in [0.5, 0.6) is 5.75 Å². The fourth-order valence-corrected chi connectivity index (χ4v) is 5.30. The van der Waals surface area contributed by atoms with Gasteiger partial charge in [0.25, 0.3) is 0 Å². The van der Waals surface area contributed by atoms with Gasteiger partial charge in [-0.15, -0.1) is 21.5 Å². The second-order valence-electron chi connectivity index (χ2n) is 6.14. The Morgan fingerprint density at radius 1 is 1.23 bits per heavy atom. The summed E-state index contributed by atoms with van der Waals surface area (Å²) in [6.45, 7) is 0. The zero-order chi connectivity index (χ0) is 21.3. The molecule has 8 nitrogen and oxygen atoms in total. The highest BCUT2D eigenvalue weighted by molar-refractivity contribution is 7.90. The molecule has 0 saturated heterocycles. The summed E-state index contributed by atoms with van der Waals surface area (Å²) < 4.78 is 30.9. The van der Waals surface area contributed by atoms with E-state index in [1.807, 2.05) is 6.07 Å². The number of ether oxygens (including phenoxy) is 1. The molecule has 2 aromatic carbocycles. The van der Waals surface area contributed by atoms with Crippen LogP contribution in [-0.2, 0) is 15.6 Å². The molecule has 30 heavy (non-hydrogen) atoms. The van der Waals surface area contributed by atoms with Crippen LogP contribution < -0.4 is 4.74 Å². The van der Waals surface area contributed by atoms with Crippen LogP contribution in [0.4, 0.5) is 0 Å². The molecule has 4 rings (SSSR count). The third-order valence-electron chi connectivity index (χ3n) is 4.35. The maximum Gasteiger partial charge on any atom is 0.185 e. The Labute approximate surface area is 180 Å². The number of nitrogens with zero attached hydrogens (tertiary/aromatic N) is 5. The fourth-order valence-electron chi connectivity index (χ4n) is 2.94. The fraction of sp³-hybridized carbons (Fsp3) is 0.105. The first-order valence-corrected chi connectivity index (χ1v) is 11.3. The van der Waals surface area contributed by atoms with E-state index in [0.29, 0.717) is 32.9 Å². The number of fused-ring (bicyclic) bond motifs is 1. The van der Waals surface area contributed by atoms with E-state index in [2.05, 4.69) is 20.2 Å². The second kappa shape index (κ2) is 7.95. The van der Waals surface area contributed by atoms with Crippen LogP contribution in [0.2, 0.25) is 5.02 Å². The number of hydrogen-bond acceptors (Lipinski definition) is 9. The van der Waals surface area contributed by atoms with Crippen molar-refractivity contribution in [3.63, 3.8) is 0 Å². The van der Waals surface area contributed by atoms with Gasteiger partial charge in [0.1, 0.15) is 34.4 Å². The van der Waals surface area contributed by atoms with Gasteiger partial charge in [-0.05, 0) is 24.3 Å². The minimum Gasteiger partial charge on any atom is -0.496 e. The SMILES string of the molecule is COc1cc(Cl)c(C#N)cc1-c1ncnc2cc(S(=O)(=O)Cc3nncs3)ccc12. The summed E-state index contributed by atoms with van der Waals surface area (Å²) >= 11 is 7.28. The van der Waals surface area contributed by atoms with Crippen molar-refractivity contribution >= 4 is 43.7 Å². The van der Waals surface area contributed by atoms with E-state index in [0.717, 1.165) is 0 Å². The van der Waals surface area contributed by atoms with E-state index in [1.54, 1.807) is 18.2 Å². The lowest BCUT2D eigenvalue weighted by Crippen LogP contribution is -2.05. The minimum atomic E-state index is -3.62. The number of sulfone groups is 1. The highest BCUT2D eigenvalue weighted by Crippen LogP contribution is 2.37. The normalized spacial score (nSPS) is 11.4. The summed E-state index contributed by atoms with van der Waals surface area (Å²) in [6, 6.07) is 9.79. The molecule has 0 aliphatic carbocycles. The molecule has 150 valence electrons. The van der Waals surface area contributed by atoms with Crippen LogP contribution in [0, 0.1) is 11.3 Å². The van der Waals surface area contributed by atoms with Crippen molar-refractivity contribution in [3.8, 4) is 23.1 Å². The molecule has 0 aliphatic heterocycles. The van der Waals surface area contributed by atoms with E-state index in [9.17, 15) is 13.7 Å². The van der Waals surface area contributed by atoms with Gasteiger partial charge in [0, 0.05) is 17.0 Å². The van der Waals surface area contributed by atoms with Crippen LogP contribution >= 0.6 is 22.9 Å². The van der Waals surface area contributed by atoms with Crippen molar-refractivity contribution < 1.29 is 13.2 Å². The number of hydrogen-bond donors (Lipinski definition) is 0. The summed E-state index contributed by atoms with van der Waals surface area (Å²) in [5.74, 6) is 0.199. The topological polar surface area (TPSA) is 119 Å². The van der Waals surface area contributed by atoms with Gasteiger partial charge in [-0.3, -0.25) is 0 Å². The lowest BCUT2D eigenvalue weighted by Gasteiger charge is -2.12. The van der Waals surface area contributed by atoms with Gasteiger partial charge in [0.05, 0.1) is 33.8 Å². The largest absolute Gasteiger partial charge is 0.496 e. The molecule has 0 unspecified atom stereocenters. The number of benzene rings is 2. The standard InChI is InChI=1S/C19H12ClN5O3S2/c1-28-17-6-15(20)11(7-21)4-14(17)19-13-3-2-12(5-16(13)22-9-23-19)30(26,27)8-18-25-24-10-29-18/h2-6,9-10H,8H2,1H3. The molecular weight excluding hydrogens is 446 g/mol. The molecule has 0 spiro atoms. The van der Waals surface area contributed by atoms with Crippen molar-refractivity contribution in [1.29, 1.82) is 5.26 Å². The Hall–Kier alpha value is -3.13. The number of rotatable bonds is 5. The molecule has 0 saturated carbocycles. The second-order valence-corrected chi connectivity index (χ2v) is 9.45. The highest BCUT2D eigenvalue weighted by atomic mass is 35.5. The Balaban J connectivity index is 1.85. The molecule has 0 atom stereocenters. The molecule has 11 heteroatoms. The number of nitriles is 1. The van der Waals surface area contributed by atoms with E-state index < -0.39 is 9.84 Å². The van der Waals surface area contributed by atoms with E-state index in [1.165, 1.54) is 42.4 Å². The molecular formula is C19H12ClN5O3S2. The van der Waals surface area contributed by atoms with Crippen molar-refractivity contribution in [2.24, 2.45) is 0 Å². The molecule has 0 N–H and O–H groups in total. The number of methoxy groups -OCH3 is 1. The van der Waals surface area contributed by atoms with Gasteiger partial charge >= 0.3 is 0 Å². The van der Waals surface area contributed by atoms with Gasteiger partial charge < -0.3 is 4.74 Å². The van der Waals surface area contributed by atoms with E-state index in [-0.39, 0.29) is 21.2 Å². The van der Waals surface area contributed by atoms with Crippen molar-refractivity contribution in [3.05, 3.63) is 57.8 Å². The predicted molar refractivity (Wildman–Crippen MR) is 112 cm³/mol. The van der Waals surface area contributed by atoms with E-state index >= 15 is 0 Å². The summed E-state index contributed by atoms with van der Waals surface area (Å²) in [7, 11) is -2.13. The van der Waals surface area contributed by atoms with Gasteiger partial charge in [-0.2, -0.15) is 5.26 Å². The van der Waals surface area contributed by atoms with Crippen molar-refractivity contribution in [2.45, 2.75) is 10.6 Å². The Morgan fingerprint density at radius 2 is 2.07 bits per heavy atom. The quantitative estimate of drug-likeness (QED) is 0.445. The number of halogens is 1. The van der Waals surface area contributed by atoms with Crippen LogP contribution in [0.25, 0.3) is 22.2 Å².